The molecule has 0 amide bonds. The average molecular weight is 273 g/mol. The highest BCUT2D eigenvalue weighted by molar-refractivity contribution is 5.12. The summed E-state index contributed by atoms with van der Waals surface area (Å²) < 4.78 is 7.49. The van der Waals surface area contributed by atoms with E-state index < -0.39 is 0 Å². The first-order chi connectivity index (χ1) is 9.74. The van der Waals surface area contributed by atoms with Crippen LogP contribution in [0, 0.1) is 6.92 Å². The molecule has 1 aliphatic rings. The van der Waals surface area contributed by atoms with Crippen LogP contribution in [0.5, 0.6) is 0 Å². The van der Waals surface area contributed by atoms with Gasteiger partial charge in [-0.15, -0.1) is 0 Å². The lowest BCUT2D eigenvalue weighted by Gasteiger charge is -2.28. The Morgan fingerprint density at radius 2 is 2.25 bits per heavy atom. The SMILES string of the molecule is Cc1cc([C@@H]2CCCCCN2Cc2cccn2C)no1. The number of aryl methyl sites for hydroxylation is 2. The molecule has 20 heavy (non-hydrogen) atoms. The van der Waals surface area contributed by atoms with E-state index in [0.29, 0.717) is 6.04 Å². The quantitative estimate of drug-likeness (QED) is 0.859. The molecular formula is C16H23N3O. The van der Waals surface area contributed by atoms with E-state index in [0.717, 1.165) is 24.5 Å². The molecule has 3 rings (SSSR count). The van der Waals surface area contributed by atoms with Crippen LogP contribution in [-0.2, 0) is 13.6 Å². The minimum absolute atomic E-state index is 0.393. The zero-order chi connectivity index (χ0) is 13.9. The summed E-state index contributed by atoms with van der Waals surface area (Å²) in [5.74, 6) is 0.906. The molecule has 0 unspecified atom stereocenters. The van der Waals surface area contributed by atoms with Gasteiger partial charge in [0.25, 0.3) is 0 Å². The van der Waals surface area contributed by atoms with E-state index in [4.69, 9.17) is 4.52 Å². The molecule has 0 spiro atoms. The first kappa shape index (κ1) is 13.4. The van der Waals surface area contributed by atoms with Crippen LogP contribution in [0.4, 0.5) is 0 Å². The predicted octanol–water partition coefficient (Wildman–Crippen LogP) is 3.44. The second-order valence-electron chi connectivity index (χ2n) is 5.81. The molecule has 0 aliphatic carbocycles. The van der Waals surface area contributed by atoms with Crippen LogP contribution >= 0.6 is 0 Å². The van der Waals surface area contributed by atoms with Crippen molar-refractivity contribution in [3.8, 4) is 0 Å². The van der Waals surface area contributed by atoms with E-state index in [9.17, 15) is 0 Å². The summed E-state index contributed by atoms with van der Waals surface area (Å²) in [6.45, 7) is 4.09. The second-order valence-corrected chi connectivity index (χ2v) is 5.81. The number of aromatic nitrogens is 2. The number of hydrogen-bond acceptors (Lipinski definition) is 3. The first-order valence-corrected chi connectivity index (χ1v) is 7.51. The van der Waals surface area contributed by atoms with E-state index in [1.54, 1.807) is 0 Å². The summed E-state index contributed by atoms with van der Waals surface area (Å²) in [5, 5.41) is 4.26. The summed E-state index contributed by atoms with van der Waals surface area (Å²) in [7, 11) is 2.11. The maximum Gasteiger partial charge on any atom is 0.133 e. The van der Waals surface area contributed by atoms with Crippen molar-refractivity contribution in [3.05, 3.63) is 41.5 Å². The van der Waals surface area contributed by atoms with Crippen LogP contribution in [0.3, 0.4) is 0 Å². The third-order valence-corrected chi connectivity index (χ3v) is 4.27. The molecule has 3 heterocycles. The van der Waals surface area contributed by atoms with Gasteiger partial charge in [-0.2, -0.15) is 0 Å². The molecule has 4 heteroatoms. The number of rotatable bonds is 3. The Balaban J connectivity index is 1.82. The molecule has 2 aromatic heterocycles. The smallest absolute Gasteiger partial charge is 0.133 e. The summed E-state index contributed by atoms with van der Waals surface area (Å²) in [6.07, 6.45) is 7.16. The highest BCUT2D eigenvalue weighted by atomic mass is 16.5. The van der Waals surface area contributed by atoms with Crippen LogP contribution in [-0.4, -0.2) is 21.2 Å². The van der Waals surface area contributed by atoms with Crippen molar-refractivity contribution in [2.75, 3.05) is 6.54 Å². The number of hydrogen-bond donors (Lipinski definition) is 0. The number of nitrogens with zero attached hydrogens (tertiary/aromatic N) is 3. The van der Waals surface area contributed by atoms with Crippen molar-refractivity contribution in [1.82, 2.24) is 14.6 Å². The lowest BCUT2D eigenvalue weighted by molar-refractivity contribution is 0.180. The molecule has 1 saturated heterocycles. The minimum Gasteiger partial charge on any atom is -0.361 e. The Bertz CT molecular complexity index is 558. The largest absolute Gasteiger partial charge is 0.361 e. The molecule has 108 valence electrons. The van der Waals surface area contributed by atoms with E-state index in [1.165, 1.54) is 31.4 Å². The standard InChI is InChI=1S/C16H23N3O/c1-13-11-15(17-20-13)16-8-4-3-5-10-19(16)12-14-7-6-9-18(14)2/h6-7,9,11,16H,3-5,8,10,12H2,1-2H3/t16-/m0/s1. The monoisotopic (exact) mass is 273 g/mol. The Labute approximate surface area is 120 Å². The van der Waals surface area contributed by atoms with Gasteiger partial charge in [0.1, 0.15) is 11.5 Å². The molecule has 1 atom stereocenters. The van der Waals surface area contributed by atoms with Crippen LogP contribution in [0.1, 0.15) is 48.9 Å². The van der Waals surface area contributed by atoms with Gasteiger partial charge in [-0.3, -0.25) is 4.90 Å². The normalized spacial score (nSPS) is 21.0. The van der Waals surface area contributed by atoms with Crippen LogP contribution in [0.25, 0.3) is 0 Å². The lowest BCUT2D eigenvalue weighted by Crippen LogP contribution is -2.29. The fourth-order valence-electron chi connectivity index (χ4n) is 3.10. The third kappa shape index (κ3) is 2.80. The summed E-state index contributed by atoms with van der Waals surface area (Å²) in [6, 6.07) is 6.80. The maximum absolute atomic E-state index is 5.28. The highest BCUT2D eigenvalue weighted by Crippen LogP contribution is 2.31. The van der Waals surface area contributed by atoms with Gasteiger partial charge in [0, 0.05) is 31.5 Å². The van der Waals surface area contributed by atoms with Gasteiger partial charge in [-0.1, -0.05) is 18.0 Å². The molecule has 1 fully saturated rings. The van der Waals surface area contributed by atoms with E-state index in [1.807, 2.05) is 6.92 Å². The van der Waals surface area contributed by atoms with Crippen molar-refractivity contribution < 1.29 is 4.52 Å². The summed E-state index contributed by atoms with van der Waals surface area (Å²) in [5.41, 5.74) is 2.45. The molecule has 2 aromatic rings. The Morgan fingerprint density at radius 1 is 1.35 bits per heavy atom. The fourth-order valence-corrected chi connectivity index (χ4v) is 3.10. The molecule has 0 aromatic carbocycles. The third-order valence-electron chi connectivity index (χ3n) is 4.27. The molecule has 4 nitrogen and oxygen atoms in total. The van der Waals surface area contributed by atoms with Gasteiger partial charge in [0.15, 0.2) is 0 Å². The van der Waals surface area contributed by atoms with Crippen molar-refractivity contribution in [2.24, 2.45) is 7.05 Å². The zero-order valence-electron chi connectivity index (χ0n) is 12.4. The molecule has 0 bridgehead atoms. The Morgan fingerprint density at radius 3 is 2.95 bits per heavy atom. The second kappa shape index (κ2) is 5.83. The van der Waals surface area contributed by atoms with Gasteiger partial charge in [0.05, 0.1) is 6.04 Å². The van der Waals surface area contributed by atoms with Crippen LogP contribution < -0.4 is 0 Å². The Kier molecular flexibility index (Phi) is 3.92. The lowest BCUT2D eigenvalue weighted by atomic mass is 10.1. The van der Waals surface area contributed by atoms with E-state index in [-0.39, 0.29) is 0 Å². The maximum atomic E-state index is 5.28. The average Bonchev–Trinajstić information content (AvgIpc) is 2.95. The predicted molar refractivity (Wildman–Crippen MR) is 78.3 cm³/mol. The Hall–Kier alpha value is -1.55. The minimum atomic E-state index is 0.393. The summed E-state index contributed by atoms with van der Waals surface area (Å²) in [4.78, 5) is 2.56. The van der Waals surface area contributed by atoms with Gasteiger partial charge in [-0.05, 0) is 38.4 Å². The van der Waals surface area contributed by atoms with Crippen LogP contribution in [0.2, 0.25) is 0 Å². The van der Waals surface area contributed by atoms with Gasteiger partial charge >= 0.3 is 0 Å². The topological polar surface area (TPSA) is 34.2 Å². The van der Waals surface area contributed by atoms with Gasteiger partial charge in [0.2, 0.25) is 0 Å². The molecule has 0 N–H and O–H groups in total. The van der Waals surface area contributed by atoms with Crippen molar-refractivity contribution in [1.29, 1.82) is 0 Å². The van der Waals surface area contributed by atoms with Crippen molar-refractivity contribution >= 4 is 0 Å². The first-order valence-electron chi connectivity index (χ1n) is 7.51. The van der Waals surface area contributed by atoms with E-state index in [2.05, 4.69) is 46.1 Å². The van der Waals surface area contributed by atoms with E-state index >= 15 is 0 Å². The number of likely N-dealkylation sites (tertiary alicyclic amines) is 1. The van der Waals surface area contributed by atoms with Gasteiger partial charge < -0.3 is 9.09 Å². The molecule has 1 aliphatic heterocycles. The fraction of sp³-hybridized carbons (Fsp3) is 0.562. The van der Waals surface area contributed by atoms with Crippen molar-refractivity contribution in [2.45, 2.75) is 45.2 Å². The summed E-state index contributed by atoms with van der Waals surface area (Å²) >= 11 is 0. The molecule has 0 saturated carbocycles. The zero-order valence-corrected chi connectivity index (χ0v) is 12.4. The van der Waals surface area contributed by atoms with Crippen LogP contribution in [0.15, 0.2) is 28.9 Å². The van der Waals surface area contributed by atoms with Gasteiger partial charge in [-0.25, -0.2) is 0 Å². The van der Waals surface area contributed by atoms with Crippen molar-refractivity contribution in [3.63, 3.8) is 0 Å². The molecular weight excluding hydrogens is 250 g/mol. The highest BCUT2D eigenvalue weighted by Gasteiger charge is 2.25. The molecule has 0 radical (unpaired) electrons.